The minimum atomic E-state index is -0.765. The summed E-state index contributed by atoms with van der Waals surface area (Å²) < 4.78 is 0. The van der Waals surface area contributed by atoms with Gasteiger partial charge in [-0.3, -0.25) is 14.6 Å². The summed E-state index contributed by atoms with van der Waals surface area (Å²) >= 11 is 0. The first kappa shape index (κ1) is 16.1. The van der Waals surface area contributed by atoms with E-state index < -0.39 is 5.97 Å². The smallest absolute Gasteiger partial charge is 0.303 e. The van der Waals surface area contributed by atoms with E-state index in [1.165, 1.54) is 0 Å². The van der Waals surface area contributed by atoms with Crippen LogP contribution in [0.4, 0.5) is 0 Å². The van der Waals surface area contributed by atoms with Crippen LogP contribution in [0.1, 0.15) is 48.5 Å². The second-order valence-electron chi connectivity index (χ2n) is 5.00. The van der Waals surface area contributed by atoms with Gasteiger partial charge in [0.05, 0.1) is 5.56 Å². The lowest BCUT2D eigenvalue weighted by Crippen LogP contribution is -2.26. The van der Waals surface area contributed by atoms with Crippen LogP contribution in [0.2, 0.25) is 0 Å². The fraction of sp³-hybridized carbons (Fsp3) is 0.533. The van der Waals surface area contributed by atoms with Gasteiger partial charge in [-0.1, -0.05) is 13.3 Å². The molecule has 20 heavy (non-hydrogen) atoms. The Kier molecular flexibility index (Phi) is 6.70. The van der Waals surface area contributed by atoms with Crippen LogP contribution in [0, 0.1) is 12.8 Å². The number of amides is 1. The van der Waals surface area contributed by atoms with E-state index in [2.05, 4.69) is 10.3 Å². The Morgan fingerprint density at radius 2 is 2.10 bits per heavy atom. The van der Waals surface area contributed by atoms with Crippen molar-refractivity contribution in [2.75, 3.05) is 6.54 Å². The Balaban J connectivity index is 2.35. The predicted molar refractivity (Wildman–Crippen MR) is 76.6 cm³/mol. The van der Waals surface area contributed by atoms with Gasteiger partial charge in [-0.05, 0) is 37.3 Å². The molecule has 0 saturated heterocycles. The van der Waals surface area contributed by atoms with Gasteiger partial charge in [0.25, 0.3) is 5.91 Å². The maximum Gasteiger partial charge on any atom is 0.303 e. The molecule has 1 aromatic heterocycles. The maximum atomic E-state index is 11.9. The maximum absolute atomic E-state index is 11.9. The van der Waals surface area contributed by atoms with E-state index in [0.717, 1.165) is 18.4 Å². The van der Waals surface area contributed by atoms with Crippen molar-refractivity contribution < 1.29 is 14.7 Å². The van der Waals surface area contributed by atoms with Crippen LogP contribution >= 0.6 is 0 Å². The van der Waals surface area contributed by atoms with E-state index >= 15 is 0 Å². The zero-order chi connectivity index (χ0) is 15.0. The lowest BCUT2D eigenvalue weighted by atomic mass is 9.96. The zero-order valence-corrected chi connectivity index (χ0v) is 12.1. The average molecular weight is 278 g/mol. The Labute approximate surface area is 119 Å². The largest absolute Gasteiger partial charge is 0.481 e. The number of hydrogen-bond donors (Lipinski definition) is 2. The third-order valence-electron chi connectivity index (χ3n) is 3.32. The van der Waals surface area contributed by atoms with Crippen molar-refractivity contribution in [2.45, 2.75) is 39.5 Å². The number of carbonyl (C=O) groups is 2. The molecule has 0 bridgehead atoms. The number of pyridine rings is 1. The van der Waals surface area contributed by atoms with Crippen LogP contribution in [0.3, 0.4) is 0 Å². The van der Waals surface area contributed by atoms with E-state index in [1.807, 2.05) is 13.8 Å². The average Bonchev–Trinajstić information content (AvgIpc) is 2.42. The van der Waals surface area contributed by atoms with Crippen LogP contribution < -0.4 is 5.32 Å². The van der Waals surface area contributed by atoms with Gasteiger partial charge >= 0.3 is 5.97 Å². The van der Waals surface area contributed by atoms with Crippen LogP contribution in [0.5, 0.6) is 0 Å². The second kappa shape index (κ2) is 8.30. The molecule has 0 saturated carbocycles. The highest BCUT2D eigenvalue weighted by molar-refractivity contribution is 5.93. The van der Waals surface area contributed by atoms with Crippen molar-refractivity contribution in [1.82, 2.24) is 10.3 Å². The Morgan fingerprint density at radius 1 is 1.35 bits per heavy atom. The lowest BCUT2D eigenvalue weighted by molar-refractivity contribution is -0.137. The number of nitrogens with one attached hydrogen (secondary N) is 1. The van der Waals surface area contributed by atoms with Crippen molar-refractivity contribution in [3.05, 3.63) is 29.6 Å². The fourth-order valence-corrected chi connectivity index (χ4v) is 2.05. The molecular weight excluding hydrogens is 256 g/mol. The van der Waals surface area contributed by atoms with Crippen molar-refractivity contribution in [2.24, 2.45) is 5.92 Å². The van der Waals surface area contributed by atoms with E-state index in [4.69, 9.17) is 5.11 Å². The number of aryl methyl sites for hydroxylation is 1. The predicted octanol–water partition coefficient (Wildman–Crippen LogP) is 2.40. The molecule has 2 N–H and O–H groups in total. The molecule has 0 fully saturated rings. The zero-order valence-electron chi connectivity index (χ0n) is 12.1. The number of nitrogens with zero attached hydrogens (tertiary/aromatic N) is 1. The molecule has 1 rings (SSSR count). The Hall–Kier alpha value is -1.91. The summed E-state index contributed by atoms with van der Waals surface area (Å²) in [5.41, 5.74) is 1.51. The van der Waals surface area contributed by atoms with E-state index in [0.29, 0.717) is 24.4 Å². The number of aromatic nitrogens is 1. The molecule has 1 aromatic rings. The Bertz CT molecular complexity index is 460. The highest BCUT2D eigenvalue weighted by Crippen LogP contribution is 2.14. The fourth-order valence-electron chi connectivity index (χ4n) is 2.05. The number of aliphatic carboxylic acids is 1. The van der Waals surface area contributed by atoms with Crippen LogP contribution in [0.15, 0.2) is 18.5 Å². The summed E-state index contributed by atoms with van der Waals surface area (Å²) in [5, 5.41) is 11.5. The normalized spacial score (nSPS) is 11.9. The van der Waals surface area contributed by atoms with Crippen LogP contribution in [-0.4, -0.2) is 28.5 Å². The highest BCUT2D eigenvalue weighted by Gasteiger charge is 2.10. The molecule has 0 aliphatic rings. The SMILES string of the molecule is CCC(CCNC(=O)c1cncc(C)c1)CCC(=O)O. The molecule has 0 radical (unpaired) electrons. The number of hydrogen-bond acceptors (Lipinski definition) is 3. The van der Waals surface area contributed by atoms with Gasteiger partial charge in [-0.2, -0.15) is 0 Å². The summed E-state index contributed by atoms with van der Waals surface area (Å²) in [4.78, 5) is 26.4. The molecule has 1 heterocycles. The van der Waals surface area contributed by atoms with E-state index in [-0.39, 0.29) is 12.3 Å². The Morgan fingerprint density at radius 3 is 2.70 bits per heavy atom. The van der Waals surface area contributed by atoms with Gasteiger partial charge in [0, 0.05) is 25.4 Å². The third-order valence-corrected chi connectivity index (χ3v) is 3.32. The number of carboxylic acid groups (broad SMARTS) is 1. The third kappa shape index (κ3) is 5.82. The first-order valence-corrected chi connectivity index (χ1v) is 6.94. The number of carbonyl (C=O) groups excluding carboxylic acids is 1. The van der Waals surface area contributed by atoms with Crippen molar-refractivity contribution in [3.8, 4) is 0 Å². The quantitative estimate of drug-likeness (QED) is 0.765. The summed E-state index contributed by atoms with van der Waals surface area (Å²) in [6, 6.07) is 1.80. The number of carboxylic acids is 1. The molecule has 1 atom stereocenters. The first-order valence-electron chi connectivity index (χ1n) is 6.94. The lowest BCUT2D eigenvalue weighted by Gasteiger charge is -2.14. The molecule has 0 aliphatic carbocycles. The molecule has 0 spiro atoms. The minimum Gasteiger partial charge on any atom is -0.481 e. The second-order valence-corrected chi connectivity index (χ2v) is 5.00. The summed E-state index contributed by atoms with van der Waals surface area (Å²) in [6.07, 6.45) is 5.83. The molecule has 0 aromatic carbocycles. The van der Waals surface area contributed by atoms with Crippen LogP contribution in [0.25, 0.3) is 0 Å². The molecule has 1 amide bonds. The highest BCUT2D eigenvalue weighted by atomic mass is 16.4. The van der Waals surface area contributed by atoms with E-state index in [1.54, 1.807) is 18.5 Å². The van der Waals surface area contributed by atoms with Gasteiger partial charge in [0.1, 0.15) is 0 Å². The minimum absolute atomic E-state index is 0.130. The van der Waals surface area contributed by atoms with Gasteiger partial charge in [-0.25, -0.2) is 0 Å². The first-order chi connectivity index (χ1) is 9.52. The molecule has 110 valence electrons. The van der Waals surface area contributed by atoms with Gasteiger partial charge in [-0.15, -0.1) is 0 Å². The standard InChI is InChI=1S/C15H22N2O3/c1-3-12(4-5-14(18)19)6-7-17-15(20)13-8-11(2)9-16-10-13/h8-10,12H,3-7H2,1-2H3,(H,17,20)(H,18,19). The van der Waals surface area contributed by atoms with E-state index in [9.17, 15) is 9.59 Å². The monoisotopic (exact) mass is 278 g/mol. The summed E-state index contributed by atoms with van der Waals surface area (Å²) in [5.74, 6) is -0.561. The van der Waals surface area contributed by atoms with Crippen molar-refractivity contribution in [1.29, 1.82) is 0 Å². The summed E-state index contributed by atoms with van der Waals surface area (Å²) in [7, 11) is 0. The number of rotatable bonds is 8. The molecule has 5 nitrogen and oxygen atoms in total. The molecule has 0 aliphatic heterocycles. The molecule has 1 unspecified atom stereocenters. The van der Waals surface area contributed by atoms with Gasteiger partial charge in [0.15, 0.2) is 0 Å². The molecule has 5 heteroatoms. The summed E-state index contributed by atoms with van der Waals surface area (Å²) in [6.45, 7) is 4.49. The van der Waals surface area contributed by atoms with Gasteiger partial charge < -0.3 is 10.4 Å². The van der Waals surface area contributed by atoms with Gasteiger partial charge in [0.2, 0.25) is 0 Å². The molecular formula is C15H22N2O3. The van der Waals surface area contributed by atoms with Crippen LogP contribution in [-0.2, 0) is 4.79 Å². The topological polar surface area (TPSA) is 79.3 Å². The van der Waals surface area contributed by atoms with Crippen molar-refractivity contribution >= 4 is 11.9 Å². The van der Waals surface area contributed by atoms with Crippen molar-refractivity contribution in [3.63, 3.8) is 0 Å².